The number of fused-ring (bicyclic) bond motifs is 4. The molecule has 0 radical (unpaired) electrons. The molecular weight excluding hydrogens is 386 g/mol. The lowest BCUT2D eigenvalue weighted by Gasteiger charge is -2.33. The van der Waals surface area contributed by atoms with Gasteiger partial charge in [-0.2, -0.15) is 4.31 Å². The van der Waals surface area contributed by atoms with Crippen LogP contribution in [0.25, 0.3) is 21.7 Å². The lowest BCUT2D eigenvalue weighted by Crippen LogP contribution is -2.51. The van der Waals surface area contributed by atoms with Gasteiger partial charge in [0, 0.05) is 28.4 Å². The van der Waals surface area contributed by atoms with Crippen molar-refractivity contribution in [2.24, 2.45) is 5.73 Å². The number of para-hydroxylation sites is 1. The summed E-state index contributed by atoms with van der Waals surface area (Å²) in [5, 5.41) is 2.45. The van der Waals surface area contributed by atoms with Gasteiger partial charge in [0.15, 0.2) is 0 Å². The molecule has 0 spiro atoms. The molecular formula is C22H19N3O3S. The number of carbonyl (C=O) groups is 1. The second-order valence-corrected chi connectivity index (χ2v) is 9.14. The quantitative estimate of drug-likeness (QED) is 0.548. The Balaban J connectivity index is 1.68. The molecule has 29 heavy (non-hydrogen) atoms. The van der Waals surface area contributed by atoms with E-state index in [-0.39, 0.29) is 17.9 Å². The van der Waals surface area contributed by atoms with E-state index in [1.54, 1.807) is 24.3 Å². The van der Waals surface area contributed by atoms with Gasteiger partial charge in [0.2, 0.25) is 15.9 Å². The topological polar surface area (TPSA) is 96.3 Å². The molecule has 6 nitrogen and oxygen atoms in total. The van der Waals surface area contributed by atoms with Crippen LogP contribution in [0.4, 0.5) is 0 Å². The number of sulfonamides is 1. The number of hydrogen-bond donors (Lipinski definition) is 2. The first-order valence-corrected chi connectivity index (χ1v) is 10.8. The number of benzene rings is 3. The number of aromatic nitrogens is 1. The van der Waals surface area contributed by atoms with Crippen molar-refractivity contribution >= 4 is 37.6 Å². The summed E-state index contributed by atoms with van der Waals surface area (Å²) in [5.74, 6) is -0.648. The van der Waals surface area contributed by atoms with Crippen molar-refractivity contribution in [1.82, 2.24) is 9.29 Å². The highest BCUT2D eigenvalue weighted by atomic mass is 32.2. The Morgan fingerprint density at radius 3 is 2.45 bits per heavy atom. The number of hydrogen-bond acceptors (Lipinski definition) is 3. The Kier molecular flexibility index (Phi) is 3.97. The van der Waals surface area contributed by atoms with Crippen LogP contribution in [0.2, 0.25) is 0 Å². The Morgan fingerprint density at radius 1 is 0.966 bits per heavy atom. The first-order chi connectivity index (χ1) is 14.0. The summed E-state index contributed by atoms with van der Waals surface area (Å²) in [6, 6.07) is 19.3. The molecule has 0 bridgehead atoms. The SMILES string of the molecule is NC(=O)C1Cc2c([nH]c3ccccc23)CN1S(=O)(=O)c1cccc2ccccc12. The lowest BCUT2D eigenvalue weighted by atomic mass is 9.98. The van der Waals surface area contributed by atoms with Gasteiger partial charge in [-0.25, -0.2) is 8.42 Å². The molecule has 4 aromatic rings. The third-order valence-electron chi connectivity index (χ3n) is 5.63. The normalized spacial score (nSPS) is 17.4. The molecule has 5 rings (SSSR count). The zero-order valence-electron chi connectivity index (χ0n) is 15.5. The number of nitrogens with zero attached hydrogens (tertiary/aromatic N) is 1. The molecule has 0 aliphatic carbocycles. The van der Waals surface area contributed by atoms with E-state index < -0.39 is 22.0 Å². The number of carbonyl (C=O) groups excluding carboxylic acids is 1. The largest absolute Gasteiger partial charge is 0.368 e. The number of primary amides is 1. The Morgan fingerprint density at radius 2 is 1.66 bits per heavy atom. The molecule has 0 saturated carbocycles. The fourth-order valence-electron chi connectivity index (χ4n) is 4.23. The van der Waals surface area contributed by atoms with Gasteiger partial charge in [0.25, 0.3) is 0 Å². The lowest BCUT2D eigenvalue weighted by molar-refractivity contribution is -0.122. The van der Waals surface area contributed by atoms with Crippen LogP contribution in [0.5, 0.6) is 0 Å². The monoisotopic (exact) mass is 405 g/mol. The van der Waals surface area contributed by atoms with Crippen molar-refractivity contribution in [2.45, 2.75) is 23.9 Å². The highest BCUT2D eigenvalue weighted by Gasteiger charge is 2.40. The van der Waals surface area contributed by atoms with Crippen molar-refractivity contribution in [1.29, 1.82) is 0 Å². The van der Waals surface area contributed by atoms with Crippen molar-refractivity contribution in [3.05, 3.63) is 78.0 Å². The molecule has 7 heteroatoms. The molecule has 0 saturated heterocycles. The average molecular weight is 405 g/mol. The molecule has 0 fully saturated rings. The third kappa shape index (κ3) is 2.73. The van der Waals surface area contributed by atoms with E-state index >= 15 is 0 Å². The van der Waals surface area contributed by atoms with Crippen LogP contribution >= 0.6 is 0 Å². The van der Waals surface area contributed by atoms with Gasteiger partial charge in [0.05, 0.1) is 11.4 Å². The summed E-state index contributed by atoms with van der Waals surface area (Å²) < 4.78 is 28.5. The predicted octanol–water partition coefficient (Wildman–Crippen LogP) is 2.92. The molecule has 146 valence electrons. The first kappa shape index (κ1) is 17.9. The van der Waals surface area contributed by atoms with Crippen LogP contribution in [0.1, 0.15) is 11.3 Å². The highest BCUT2D eigenvalue weighted by Crippen LogP contribution is 2.35. The van der Waals surface area contributed by atoms with E-state index in [4.69, 9.17) is 5.73 Å². The van der Waals surface area contributed by atoms with E-state index in [9.17, 15) is 13.2 Å². The van der Waals surface area contributed by atoms with Crippen molar-refractivity contribution < 1.29 is 13.2 Å². The molecule has 1 aliphatic rings. The van der Waals surface area contributed by atoms with E-state index in [1.165, 1.54) is 4.31 Å². The maximum Gasteiger partial charge on any atom is 0.244 e. The smallest absolute Gasteiger partial charge is 0.244 e. The fraction of sp³-hybridized carbons (Fsp3) is 0.136. The van der Waals surface area contributed by atoms with Crippen LogP contribution < -0.4 is 5.73 Å². The maximum atomic E-state index is 13.6. The molecule has 3 N–H and O–H groups in total. The zero-order valence-corrected chi connectivity index (χ0v) is 16.3. The van der Waals surface area contributed by atoms with Gasteiger partial charge >= 0.3 is 0 Å². The van der Waals surface area contributed by atoms with Crippen LogP contribution in [-0.2, 0) is 27.8 Å². The molecule has 1 atom stereocenters. The summed E-state index contributed by atoms with van der Waals surface area (Å²) in [6.45, 7) is 0.0726. The van der Waals surface area contributed by atoms with Crippen molar-refractivity contribution in [2.75, 3.05) is 0 Å². The number of nitrogens with two attached hydrogens (primary N) is 1. The minimum absolute atomic E-state index is 0.0726. The summed E-state index contributed by atoms with van der Waals surface area (Å²) in [6.07, 6.45) is 0.249. The Bertz CT molecular complexity index is 1370. The summed E-state index contributed by atoms with van der Waals surface area (Å²) >= 11 is 0. The Labute approximate surface area is 168 Å². The molecule has 1 unspecified atom stereocenters. The molecule has 1 amide bonds. The maximum absolute atomic E-state index is 13.6. The van der Waals surface area contributed by atoms with Crippen molar-refractivity contribution in [3.63, 3.8) is 0 Å². The van der Waals surface area contributed by atoms with Crippen LogP contribution in [0, 0.1) is 0 Å². The van der Waals surface area contributed by atoms with Crippen LogP contribution in [0.3, 0.4) is 0 Å². The summed E-state index contributed by atoms with van der Waals surface area (Å²) in [5.41, 5.74) is 8.33. The van der Waals surface area contributed by atoms with Gasteiger partial charge in [-0.05, 0) is 23.1 Å². The van der Waals surface area contributed by atoms with Gasteiger partial charge < -0.3 is 10.7 Å². The molecule has 1 aliphatic heterocycles. The number of amides is 1. The third-order valence-corrected chi connectivity index (χ3v) is 7.54. The van der Waals surface area contributed by atoms with E-state index in [1.807, 2.05) is 42.5 Å². The summed E-state index contributed by atoms with van der Waals surface area (Å²) in [4.78, 5) is 15.8. The van der Waals surface area contributed by atoms with E-state index in [0.717, 1.165) is 27.5 Å². The molecule has 3 aromatic carbocycles. The predicted molar refractivity (Wildman–Crippen MR) is 112 cm³/mol. The van der Waals surface area contributed by atoms with Gasteiger partial charge in [-0.15, -0.1) is 0 Å². The minimum atomic E-state index is -3.95. The second-order valence-electron chi connectivity index (χ2n) is 7.28. The summed E-state index contributed by atoms with van der Waals surface area (Å²) in [7, 11) is -3.95. The molecule has 2 heterocycles. The van der Waals surface area contributed by atoms with Gasteiger partial charge in [0.1, 0.15) is 6.04 Å². The Hall–Kier alpha value is -3.16. The second kappa shape index (κ2) is 6.43. The minimum Gasteiger partial charge on any atom is -0.368 e. The number of aromatic amines is 1. The van der Waals surface area contributed by atoms with E-state index in [0.29, 0.717) is 5.39 Å². The van der Waals surface area contributed by atoms with Crippen LogP contribution in [-0.4, -0.2) is 29.7 Å². The highest BCUT2D eigenvalue weighted by molar-refractivity contribution is 7.89. The number of nitrogens with one attached hydrogen (secondary N) is 1. The van der Waals surface area contributed by atoms with Gasteiger partial charge in [-0.3, -0.25) is 4.79 Å². The average Bonchev–Trinajstić information content (AvgIpc) is 3.10. The van der Waals surface area contributed by atoms with Crippen molar-refractivity contribution in [3.8, 4) is 0 Å². The fourth-order valence-corrected chi connectivity index (χ4v) is 6.01. The van der Waals surface area contributed by atoms with E-state index in [2.05, 4.69) is 4.98 Å². The standard InChI is InChI=1S/C22H19N3O3S/c23-22(26)20-12-17-16-9-3-4-10-18(16)24-19(17)13-25(20)29(27,28)21-11-5-7-14-6-1-2-8-15(14)21/h1-11,20,24H,12-13H2,(H2,23,26). The number of rotatable bonds is 3. The van der Waals surface area contributed by atoms with Crippen LogP contribution in [0.15, 0.2) is 71.6 Å². The zero-order chi connectivity index (χ0) is 20.2. The molecule has 1 aromatic heterocycles. The number of H-pyrrole nitrogens is 1. The van der Waals surface area contributed by atoms with Gasteiger partial charge in [-0.1, -0.05) is 54.6 Å². The first-order valence-electron chi connectivity index (χ1n) is 9.34.